The van der Waals surface area contributed by atoms with E-state index in [0.717, 1.165) is 18.4 Å². The van der Waals surface area contributed by atoms with Crippen molar-refractivity contribution in [2.45, 2.75) is 12.8 Å². The lowest BCUT2D eigenvalue weighted by atomic mass is 10.1. The van der Waals surface area contributed by atoms with Crippen molar-refractivity contribution >= 4 is 5.91 Å². The molecule has 0 unspecified atom stereocenters. The van der Waals surface area contributed by atoms with E-state index in [2.05, 4.69) is 10.6 Å². The first kappa shape index (κ1) is 12.6. The Morgan fingerprint density at radius 2 is 2.00 bits per heavy atom. The molecule has 4 heteroatoms. The first-order valence-corrected chi connectivity index (χ1v) is 5.38. The summed E-state index contributed by atoms with van der Waals surface area (Å²) in [5.74, 6) is -0.215. The van der Waals surface area contributed by atoms with Crippen LogP contribution in [-0.2, 0) is 11.2 Å². The molecule has 0 saturated heterocycles. The molecule has 0 aliphatic rings. The summed E-state index contributed by atoms with van der Waals surface area (Å²) in [4.78, 5) is 11.1. The van der Waals surface area contributed by atoms with Crippen LogP contribution >= 0.6 is 0 Å². The van der Waals surface area contributed by atoms with Crippen molar-refractivity contribution in [2.24, 2.45) is 0 Å². The zero-order valence-electron chi connectivity index (χ0n) is 9.42. The Balaban J connectivity index is 2.16. The van der Waals surface area contributed by atoms with Gasteiger partial charge >= 0.3 is 0 Å². The van der Waals surface area contributed by atoms with E-state index in [1.165, 1.54) is 12.1 Å². The fourth-order valence-corrected chi connectivity index (χ4v) is 1.39. The molecule has 0 spiro atoms. The Morgan fingerprint density at radius 1 is 1.31 bits per heavy atom. The number of halogens is 1. The summed E-state index contributed by atoms with van der Waals surface area (Å²) in [5, 5.41) is 5.57. The summed E-state index contributed by atoms with van der Waals surface area (Å²) >= 11 is 0. The Hall–Kier alpha value is -1.42. The third-order valence-corrected chi connectivity index (χ3v) is 2.21. The predicted molar refractivity (Wildman–Crippen MR) is 61.7 cm³/mol. The molecule has 1 amide bonds. The molecule has 3 nitrogen and oxygen atoms in total. The van der Waals surface area contributed by atoms with Crippen molar-refractivity contribution in [1.29, 1.82) is 0 Å². The molecule has 0 bridgehead atoms. The summed E-state index contributed by atoms with van der Waals surface area (Å²) in [7, 11) is 1.73. The lowest BCUT2D eigenvalue weighted by molar-refractivity contribution is -0.120. The van der Waals surface area contributed by atoms with Crippen molar-refractivity contribution in [1.82, 2.24) is 10.6 Å². The van der Waals surface area contributed by atoms with E-state index in [9.17, 15) is 9.18 Å². The Morgan fingerprint density at radius 3 is 2.62 bits per heavy atom. The van der Waals surface area contributed by atoms with Gasteiger partial charge in [0.2, 0.25) is 5.91 Å². The van der Waals surface area contributed by atoms with Crippen molar-refractivity contribution in [3.05, 3.63) is 35.6 Å². The molecule has 0 fully saturated rings. The van der Waals surface area contributed by atoms with Crippen molar-refractivity contribution in [2.75, 3.05) is 20.1 Å². The fourth-order valence-electron chi connectivity index (χ4n) is 1.39. The van der Waals surface area contributed by atoms with E-state index in [-0.39, 0.29) is 11.7 Å². The lowest BCUT2D eigenvalue weighted by Gasteiger charge is -2.04. The molecule has 0 atom stereocenters. The van der Waals surface area contributed by atoms with Crippen LogP contribution in [0.4, 0.5) is 4.39 Å². The van der Waals surface area contributed by atoms with E-state index in [1.54, 1.807) is 19.2 Å². The molecule has 1 rings (SSSR count). The fraction of sp³-hybridized carbons (Fsp3) is 0.417. The number of nitrogens with one attached hydrogen (secondary N) is 2. The van der Waals surface area contributed by atoms with Gasteiger partial charge in [0, 0.05) is 6.54 Å². The zero-order valence-corrected chi connectivity index (χ0v) is 9.42. The first-order chi connectivity index (χ1) is 7.72. The molecule has 1 aromatic carbocycles. The highest BCUT2D eigenvalue weighted by Gasteiger charge is 1.98. The van der Waals surface area contributed by atoms with Crippen molar-refractivity contribution in [3.8, 4) is 0 Å². The van der Waals surface area contributed by atoms with Gasteiger partial charge in [0.05, 0.1) is 6.54 Å². The van der Waals surface area contributed by atoms with Crippen molar-refractivity contribution < 1.29 is 9.18 Å². The molecule has 0 heterocycles. The molecule has 0 saturated carbocycles. The Bertz CT molecular complexity index is 324. The summed E-state index contributed by atoms with van der Waals surface area (Å²) in [5.41, 5.74) is 1.09. The van der Waals surface area contributed by atoms with Crippen LogP contribution in [0.5, 0.6) is 0 Å². The van der Waals surface area contributed by atoms with Gasteiger partial charge < -0.3 is 10.6 Å². The predicted octanol–water partition coefficient (Wildman–Crippen LogP) is 1.09. The van der Waals surface area contributed by atoms with E-state index < -0.39 is 0 Å². The molecule has 88 valence electrons. The lowest BCUT2D eigenvalue weighted by Crippen LogP contribution is -2.32. The normalized spacial score (nSPS) is 10.1. The number of hydrogen-bond donors (Lipinski definition) is 2. The average molecular weight is 224 g/mol. The maximum absolute atomic E-state index is 12.6. The third-order valence-electron chi connectivity index (χ3n) is 2.21. The minimum Gasteiger partial charge on any atom is -0.355 e. The van der Waals surface area contributed by atoms with Gasteiger partial charge in [-0.25, -0.2) is 4.39 Å². The molecule has 0 aromatic heterocycles. The second-order valence-electron chi connectivity index (χ2n) is 3.61. The van der Waals surface area contributed by atoms with E-state index in [0.29, 0.717) is 13.1 Å². The van der Waals surface area contributed by atoms with Crippen LogP contribution in [0.2, 0.25) is 0 Å². The van der Waals surface area contributed by atoms with Gasteiger partial charge in [-0.3, -0.25) is 4.79 Å². The number of rotatable bonds is 6. The first-order valence-electron chi connectivity index (χ1n) is 5.38. The van der Waals surface area contributed by atoms with Crippen LogP contribution in [0.1, 0.15) is 12.0 Å². The van der Waals surface area contributed by atoms with Crippen LogP contribution in [0.3, 0.4) is 0 Å². The van der Waals surface area contributed by atoms with Gasteiger partial charge in [-0.05, 0) is 37.6 Å². The van der Waals surface area contributed by atoms with Gasteiger partial charge in [-0.15, -0.1) is 0 Å². The number of hydrogen-bond acceptors (Lipinski definition) is 2. The number of likely N-dealkylation sites (N-methyl/N-ethyl adjacent to an activating group) is 1. The molecule has 16 heavy (non-hydrogen) atoms. The second-order valence-corrected chi connectivity index (χ2v) is 3.61. The summed E-state index contributed by atoms with van der Waals surface area (Å²) < 4.78 is 12.6. The summed E-state index contributed by atoms with van der Waals surface area (Å²) in [6, 6.07) is 6.44. The van der Waals surface area contributed by atoms with Gasteiger partial charge in [0.15, 0.2) is 0 Å². The summed E-state index contributed by atoms with van der Waals surface area (Å²) in [6.07, 6.45) is 1.71. The maximum Gasteiger partial charge on any atom is 0.233 e. The quantitative estimate of drug-likeness (QED) is 0.710. The zero-order chi connectivity index (χ0) is 11.8. The SMILES string of the molecule is CNCC(=O)NCCCc1ccc(F)cc1. The third kappa shape index (κ3) is 4.89. The van der Waals surface area contributed by atoms with Crippen LogP contribution in [0, 0.1) is 5.82 Å². The topological polar surface area (TPSA) is 41.1 Å². The van der Waals surface area contributed by atoms with Crippen LogP contribution in [0.25, 0.3) is 0 Å². The molecule has 0 aliphatic heterocycles. The number of aryl methyl sites for hydroxylation is 1. The minimum absolute atomic E-state index is 0.00149. The number of benzene rings is 1. The molecular formula is C12H17FN2O. The Labute approximate surface area is 95.0 Å². The highest BCUT2D eigenvalue weighted by molar-refractivity contribution is 5.77. The van der Waals surface area contributed by atoms with Crippen LogP contribution in [-0.4, -0.2) is 26.0 Å². The minimum atomic E-state index is -0.217. The van der Waals surface area contributed by atoms with Gasteiger partial charge in [0.25, 0.3) is 0 Å². The highest BCUT2D eigenvalue weighted by Crippen LogP contribution is 2.04. The highest BCUT2D eigenvalue weighted by atomic mass is 19.1. The van der Waals surface area contributed by atoms with Gasteiger partial charge in [0.1, 0.15) is 5.82 Å². The van der Waals surface area contributed by atoms with Crippen molar-refractivity contribution in [3.63, 3.8) is 0 Å². The number of carbonyl (C=O) groups is 1. The maximum atomic E-state index is 12.6. The monoisotopic (exact) mass is 224 g/mol. The number of carbonyl (C=O) groups excluding carboxylic acids is 1. The van der Waals surface area contributed by atoms with Crippen LogP contribution < -0.4 is 10.6 Å². The molecular weight excluding hydrogens is 207 g/mol. The van der Waals surface area contributed by atoms with Gasteiger partial charge in [-0.2, -0.15) is 0 Å². The number of amides is 1. The summed E-state index contributed by atoms with van der Waals surface area (Å²) in [6.45, 7) is 0.994. The van der Waals surface area contributed by atoms with E-state index in [4.69, 9.17) is 0 Å². The average Bonchev–Trinajstić information content (AvgIpc) is 2.27. The second kappa shape index (κ2) is 6.95. The van der Waals surface area contributed by atoms with E-state index in [1.807, 2.05) is 0 Å². The largest absolute Gasteiger partial charge is 0.355 e. The molecule has 0 aliphatic carbocycles. The Kier molecular flexibility index (Phi) is 5.50. The van der Waals surface area contributed by atoms with Gasteiger partial charge in [-0.1, -0.05) is 12.1 Å². The molecule has 1 aromatic rings. The smallest absolute Gasteiger partial charge is 0.233 e. The molecule has 0 radical (unpaired) electrons. The molecule has 2 N–H and O–H groups in total. The standard InChI is InChI=1S/C12H17FN2O/c1-14-9-12(16)15-8-2-3-10-4-6-11(13)7-5-10/h4-7,14H,2-3,8-9H2,1H3,(H,15,16). The van der Waals surface area contributed by atoms with Crippen LogP contribution in [0.15, 0.2) is 24.3 Å². The van der Waals surface area contributed by atoms with E-state index >= 15 is 0 Å².